The van der Waals surface area contributed by atoms with Gasteiger partial charge in [-0.1, -0.05) is 140 Å². The van der Waals surface area contributed by atoms with Gasteiger partial charge in [0.15, 0.2) is 6.10 Å². The van der Waals surface area contributed by atoms with Crippen molar-refractivity contribution in [3.05, 3.63) is 48.6 Å². The number of phosphoric ester groups is 1. The van der Waals surface area contributed by atoms with Crippen molar-refractivity contribution in [1.82, 2.24) is 0 Å². The molecule has 14 heteroatoms. The molecule has 0 bridgehead atoms. The first-order chi connectivity index (χ1) is 28.4. The minimum absolute atomic E-state index is 0.00450. The van der Waals surface area contributed by atoms with E-state index in [0.717, 1.165) is 51.4 Å². The Bertz CT molecular complexity index is 1220. The van der Waals surface area contributed by atoms with E-state index in [0.29, 0.717) is 12.8 Å². The normalized spacial score (nSPS) is 22.8. The largest absolute Gasteiger partial charge is 0.472 e. The Morgan fingerprint density at radius 3 is 1.51 bits per heavy atom. The predicted octanol–water partition coefficient (Wildman–Crippen LogP) is 8.39. The van der Waals surface area contributed by atoms with E-state index in [-0.39, 0.29) is 12.8 Å². The third-order valence-corrected chi connectivity index (χ3v) is 11.1. The fourth-order valence-electron chi connectivity index (χ4n) is 6.49. The van der Waals surface area contributed by atoms with E-state index in [1.165, 1.54) is 77.0 Å². The second-order valence-electron chi connectivity index (χ2n) is 15.5. The van der Waals surface area contributed by atoms with Crippen LogP contribution in [0.1, 0.15) is 168 Å². The van der Waals surface area contributed by atoms with Crippen LogP contribution in [0.2, 0.25) is 0 Å². The third-order valence-electron chi connectivity index (χ3n) is 10.2. The third kappa shape index (κ3) is 28.1. The second kappa shape index (κ2) is 35.4. The van der Waals surface area contributed by atoms with Gasteiger partial charge in [0, 0.05) is 12.8 Å². The maximum absolute atomic E-state index is 12.8. The Labute approximate surface area is 354 Å². The van der Waals surface area contributed by atoms with Crippen molar-refractivity contribution in [3.63, 3.8) is 0 Å². The average molecular weight is 859 g/mol. The Balaban J connectivity index is 2.53. The Hall–Kier alpha value is -2.19. The van der Waals surface area contributed by atoms with Crippen molar-refractivity contribution < 1.29 is 63.1 Å². The summed E-state index contributed by atoms with van der Waals surface area (Å²) in [6, 6.07) is 0. The number of rotatable bonds is 36. The molecule has 0 spiro atoms. The summed E-state index contributed by atoms with van der Waals surface area (Å²) in [5, 5.41) is 50.1. The molecule has 0 amide bonds. The summed E-state index contributed by atoms with van der Waals surface area (Å²) in [7, 11) is -5.13. The van der Waals surface area contributed by atoms with Gasteiger partial charge in [0.2, 0.25) is 0 Å². The van der Waals surface area contributed by atoms with Crippen molar-refractivity contribution in [2.45, 2.75) is 211 Å². The zero-order valence-corrected chi connectivity index (χ0v) is 36.9. The molecular formula is C45H79O13P. The summed E-state index contributed by atoms with van der Waals surface area (Å²) >= 11 is 0. The van der Waals surface area contributed by atoms with Gasteiger partial charge in [-0.05, 0) is 64.2 Å². The summed E-state index contributed by atoms with van der Waals surface area (Å²) in [5.41, 5.74) is 0. The summed E-state index contributed by atoms with van der Waals surface area (Å²) < 4.78 is 33.4. The first-order valence-electron chi connectivity index (χ1n) is 22.4. The van der Waals surface area contributed by atoms with Crippen molar-refractivity contribution in [2.75, 3.05) is 13.2 Å². The van der Waals surface area contributed by atoms with E-state index >= 15 is 0 Å². The Morgan fingerprint density at radius 1 is 0.525 bits per heavy atom. The van der Waals surface area contributed by atoms with Gasteiger partial charge in [-0.15, -0.1) is 0 Å². The van der Waals surface area contributed by atoms with Crippen LogP contribution < -0.4 is 0 Å². The number of esters is 2. The van der Waals surface area contributed by atoms with E-state index in [2.05, 4.69) is 50.3 Å². The molecule has 8 atom stereocenters. The standard InChI is InChI=1S/C45H79O13P/c1-3-5-7-9-11-13-15-17-19-21-23-25-27-29-31-33-38(46)55-35-37(36-56-59(53,54)58-45-43(51)41(49)40(48)42(50)44(45)52)57-39(47)34-32-30-28-26-24-22-20-18-16-14-12-10-8-6-4-2/h11,13,17,19,23,25,28,30,37,40-45,48-52H,3-10,12,14-16,18,20-22,24,26-27,29,31-36H2,1-2H3,(H,53,54)/b13-11+,19-17+,25-23+,30-28+/t37-,40?,41-,42?,43?,44?,45?/m1/s1. The average Bonchev–Trinajstić information content (AvgIpc) is 3.21. The lowest BCUT2D eigenvalue weighted by Gasteiger charge is -2.41. The van der Waals surface area contributed by atoms with Crippen LogP contribution in [0.5, 0.6) is 0 Å². The number of aliphatic hydroxyl groups excluding tert-OH is 5. The molecule has 0 heterocycles. The van der Waals surface area contributed by atoms with Crippen molar-refractivity contribution in [2.24, 2.45) is 0 Å². The van der Waals surface area contributed by atoms with Gasteiger partial charge >= 0.3 is 19.8 Å². The molecule has 6 unspecified atom stereocenters. The summed E-state index contributed by atoms with van der Waals surface area (Å²) in [4.78, 5) is 35.6. The Kier molecular flexibility index (Phi) is 32.9. The monoisotopic (exact) mass is 859 g/mol. The lowest BCUT2D eigenvalue weighted by Crippen LogP contribution is -2.64. The molecule has 0 radical (unpaired) electrons. The van der Waals surface area contributed by atoms with Crippen LogP contribution in [0.25, 0.3) is 0 Å². The molecule has 1 rings (SSSR count). The molecule has 1 fully saturated rings. The van der Waals surface area contributed by atoms with E-state index in [9.17, 15) is 44.6 Å². The number of hydrogen-bond acceptors (Lipinski definition) is 12. The number of carbonyl (C=O) groups is 2. The fourth-order valence-corrected chi connectivity index (χ4v) is 7.46. The van der Waals surface area contributed by atoms with Gasteiger partial charge < -0.3 is 39.9 Å². The number of aliphatic hydroxyl groups is 5. The Morgan fingerprint density at radius 2 is 0.949 bits per heavy atom. The molecule has 0 aliphatic heterocycles. The highest BCUT2D eigenvalue weighted by Crippen LogP contribution is 2.47. The maximum Gasteiger partial charge on any atom is 0.472 e. The molecule has 0 saturated heterocycles. The van der Waals surface area contributed by atoms with Crippen LogP contribution in [0.4, 0.5) is 0 Å². The number of unbranched alkanes of at least 4 members (excludes halogenated alkanes) is 16. The summed E-state index contributed by atoms with van der Waals surface area (Å²) in [6.07, 6.45) is 27.6. The van der Waals surface area contributed by atoms with Crippen molar-refractivity contribution in [3.8, 4) is 0 Å². The molecule has 1 aliphatic carbocycles. The van der Waals surface area contributed by atoms with Crippen molar-refractivity contribution in [1.29, 1.82) is 0 Å². The van der Waals surface area contributed by atoms with E-state index < -0.39 is 75.7 Å². The van der Waals surface area contributed by atoms with Crippen LogP contribution in [-0.4, -0.2) is 98.3 Å². The molecule has 0 aromatic heterocycles. The van der Waals surface area contributed by atoms with Crippen LogP contribution in [-0.2, 0) is 32.7 Å². The topological polar surface area (TPSA) is 210 Å². The number of carbonyl (C=O) groups excluding carboxylic acids is 2. The zero-order chi connectivity index (χ0) is 43.6. The smallest absolute Gasteiger partial charge is 0.462 e. The minimum Gasteiger partial charge on any atom is -0.462 e. The van der Waals surface area contributed by atoms with Gasteiger partial charge in [-0.3, -0.25) is 18.6 Å². The van der Waals surface area contributed by atoms with E-state index in [1.807, 2.05) is 12.2 Å². The molecule has 1 saturated carbocycles. The molecule has 6 N–H and O–H groups in total. The number of hydrogen-bond donors (Lipinski definition) is 6. The van der Waals surface area contributed by atoms with Gasteiger partial charge in [0.05, 0.1) is 6.61 Å². The zero-order valence-electron chi connectivity index (χ0n) is 36.0. The number of allylic oxidation sites excluding steroid dienone is 8. The van der Waals surface area contributed by atoms with Crippen LogP contribution in [0, 0.1) is 0 Å². The SMILES string of the molecule is CCCCC/C=C/C/C=C/C/C=C/CCCCC(=O)OC[C@H](COP(=O)(O)OC1C(O)C(O)C(O)[C@@H](O)C1O)OC(=O)CC/C=C/CCCCCCCCCCCCC. The first-order valence-corrected chi connectivity index (χ1v) is 23.9. The highest BCUT2D eigenvalue weighted by molar-refractivity contribution is 7.47. The maximum atomic E-state index is 12.8. The van der Waals surface area contributed by atoms with E-state index in [1.54, 1.807) is 0 Å². The summed E-state index contributed by atoms with van der Waals surface area (Å²) in [6.45, 7) is 3.19. The lowest BCUT2D eigenvalue weighted by molar-refractivity contribution is -0.220. The molecule has 0 aromatic carbocycles. The lowest BCUT2D eigenvalue weighted by atomic mass is 9.85. The molecule has 59 heavy (non-hydrogen) atoms. The molecule has 342 valence electrons. The molecular weight excluding hydrogens is 779 g/mol. The highest BCUT2D eigenvalue weighted by atomic mass is 31.2. The first kappa shape index (κ1) is 54.8. The molecule has 1 aliphatic rings. The van der Waals surface area contributed by atoms with Crippen LogP contribution >= 0.6 is 7.82 Å². The summed E-state index contributed by atoms with van der Waals surface area (Å²) in [5.74, 6) is -1.20. The second-order valence-corrected chi connectivity index (χ2v) is 16.9. The quantitative estimate of drug-likeness (QED) is 0.0152. The van der Waals surface area contributed by atoms with E-state index in [4.69, 9.17) is 18.5 Å². The predicted molar refractivity (Wildman–Crippen MR) is 230 cm³/mol. The fraction of sp³-hybridized carbons (Fsp3) is 0.778. The molecule has 0 aromatic rings. The highest BCUT2D eigenvalue weighted by Gasteiger charge is 2.51. The number of phosphoric acid groups is 1. The van der Waals surface area contributed by atoms with Gasteiger partial charge in [0.1, 0.15) is 43.2 Å². The van der Waals surface area contributed by atoms with Gasteiger partial charge in [-0.25, -0.2) is 4.57 Å². The van der Waals surface area contributed by atoms with Crippen LogP contribution in [0.3, 0.4) is 0 Å². The van der Waals surface area contributed by atoms with Crippen LogP contribution in [0.15, 0.2) is 48.6 Å². The van der Waals surface area contributed by atoms with Gasteiger partial charge in [0.25, 0.3) is 0 Å². The number of ether oxygens (including phenoxy) is 2. The minimum atomic E-state index is -5.13. The molecule has 13 nitrogen and oxygen atoms in total. The van der Waals surface area contributed by atoms with Gasteiger partial charge in [-0.2, -0.15) is 0 Å². The van der Waals surface area contributed by atoms with Crippen molar-refractivity contribution >= 4 is 19.8 Å².